The first kappa shape index (κ1) is 22.4. The summed E-state index contributed by atoms with van der Waals surface area (Å²) in [5, 5.41) is 3.53. The van der Waals surface area contributed by atoms with Gasteiger partial charge in [0.1, 0.15) is 11.2 Å². The van der Waals surface area contributed by atoms with Crippen LogP contribution in [0.2, 0.25) is 0 Å². The quantitative estimate of drug-likeness (QED) is 0.728. The molecule has 0 heterocycles. The van der Waals surface area contributed by atoms with E-state index in [0.29, 0.717) is 0 Å². The molecule has 0 radical (unpaired) electrons. The number of ether oxygens (including phenoxy) is 2. The fourth-order valence-electron chi connectivity index (χ4n) is 1.58. The molecule has 0 aromatic heterocycles. The van der Waals surface area contributed by atoms with Gasteiger partial charge in [0, 0.05) is 18.1 Å². The third-order valence-electron chi connectivity index (χ3n) is 2.34. The van der Waals surface area contributed by atoms with Gasteiger partial charge in [-0.2, -0.15) is 0 Å². The molecule has 0 saturated heterocycles. The number of hydrogen-bond donors (Lipinski definition) is 1. The van der Waals surface area contributed by atoms with Crippen molar-refractivity contribution in [1.29, 1.82) is 0 Å². The Labute approximate surface area is 144 Å². The van der Waals surface area contributed by atoms with Gasteiger partial charge in [0.25, 0.3) is 0 Å². The van der Waals surface area contributed by atoms with Gasteiger partial charge in [-0.1, -0.05) is 6.08 Å². The molecule has 0 unspecified atom stereocenters. The van der Waals surface area contributed by atoms with Crippen LogP contribution in [0.15, 0.2) is 11.5 Å². The number of amides is 1. The minimum absolute atomic E-state index is 0.0336. The minimum Gasteiger partial charge on any atom is -0.460 e. The van der Waals surface area contributed by atoms with Gasteiger partial charge in [-0.05, 0) is 48.0 Å². The lowest BCUT2D eigenvalue weighted by molar-refractivity contribution is -0.155. The number of sulfone groups is 1. The van der Waals surface area contributed by atoms with E-state index in [9.17, 15) is 18.0 Å². The zero-order chi connectivity index (χ0) is 19.2. The standard InChI is InChI=1S/C16H29NO6S/c1-15(2,3)22-13(18)9-8-12(10-11-24(7,20)21)17-14(19)23-16(4,5)6/h10-12H,8-9H2,1-7H3,(H,17,19)/b11-10+/t12-/m0/s1. The fraction of sp³-hybridized carbons (Fsp3) is 0.750. The van der Waals surface area contributed by atoms with Gasteiger partial charge in [-0.3, -0.25) is 4.79 Å². The van der Waals surface area contributed by atoms with Crippen molar-refractivity contribution < 1.29 is 27.5 Å². The van der Waals surface area contributed by atoms with Crippen LogP contribution in [0.4, 0.5) is 4.79 Å². The molecule has 24 heavy (non-hydrogen) atoms. The molecule has 140 valence electrons. The van der Waals surface area contributed by atoms with Crippen molar-refractivity contribution in [3.8, 4) is 0 Å². The van der Waals surface area contributed by atoms with Gasteiger partial charge < -0.3 is 14.8 Å². The number of hydrogen-bond acceptors (Lipinski definition) is 6. The molecule has 0 saturated carbocycles. The maximum absolute atomic E-state index is 11.8. The number of esters is 1. The summed E-state index contributed by atoms with van der Waals surface area (Å²) in [6.45, 7) is 10.4. The maximum Gasteiger partial charge on any atom is 0.408 e. The van der Waals surface area contributed by atoms with Crippen molar-refractivity contribution in [2.75, 3.05) is 6.26 Å². The lowest BCUT2D eigenvalue weighted by Crippen LogP contribution is -2.38. The van der Waals surface area contributed by atoms with Gasteiger partial charge in [-0.15, -0.1) is 0 Å². The summed E-state index contributed by atoms with van der Waals surface area (Å²) in [4.78, 5) is 23.6. The van der Waals surface area contributed by atoms with Crippen LogP contribution in [0.25, 0.3) is 0 Å². The molecule has 0 spiro atoms. The van der Waals surface area contributed by atoms with Gasteiger partial charge in [0.2, 0.25) is 0 Å². The van der Waals surface area contributed by atoms with Crippen LogP contribution in [0, 0.1) is 0 Å². The third kappa shape index (κ3) is 14.0. The van der Waals surface area contributed by atoms with E-state index in [1.807, 2.05) is 0 Å². The zero-order valence-electron chi connectivity index (χ0n) is 15.5. The van der Waals surface area contributed by atoms with Crippen LogP contribution in [0.1, 0.15) is 54.4 Å². The van der Waals surface area contributed by atoms with E-state index >= 15 is 0 Å². The summed E-state index contributed by atoms with van der Waals surface area (Å²) in [5.74, 6) is -0.425. The second-order valence-electron chi connectivity index (χ2n) is 7.54. The van der Waals surface area contributed by atoms with E-state index in [0.717, 1.165) is 11.7 Å². The Hall–Kier alpha value is -1.57. The topological polar surface area (TPSA) is 98.8 Å². The first-order chi connectivity index (χ1) is 10.6. The van der Waals surface area contributed by atoms with Crippen LogP contribution < -0.4 is 5.32 Å². The molecule has 0 rings (SSSR count). The van der Waals surface area contributed by atoms with Gasteiger partial charge in [-0.25, -0.2) is 13.2 Å². The lowest BCUT2D eigenvalue weighted by Gasteiger charge is -2.23. The average Bonchev–Trinajstić information content (AvgIpc) is 2.26. The van der Waals surface area contributed by atoms with Crippen LogP contribution in [-0.4, -0.2) is 44.0 Å². The molecular weight excluding hydrogens is 334 g/mol. The summed E-state index contributed by atoms with van der Waals surface area (Å²) in [5.41, 5.74) is -1.28. The second-order valence-corrected chi connectivity index (χ2v) is 9.47. The highest BCUT2D eigenvalue weighted by Crippen LogP contribution is 2.12. The number of alkyl carbamates (subject to hydrolysis) is 1. The molecule has 0 aliphatic heterocycles. The Morgan fingerprint density at radius 3 is 1.96 bits per heavy atom. The molecule has 7 nitrogen and oxygen atoms in total. The van der Waals surface area contributed by atoms with Crippen molar-refractivity contribution in [2.45, 2.75) is 71.6 Å². The largest absolute Gasteiger partial charge is 0.460 e. The Bertz CT molecular complexity index is 566. The monoisotopic (exact) mass is 363 g/mol. The molecule has 1 amide bonds. The highest BCUT2D eigenvalue weighted by Gasteiger charge is 2.21. The highest BCUT2D eigenvalue weighted by molar-refractivity contribution is 7.93. The minimum atomic E-state index is -3.35. The molecule has 0 aromatic rings. The predicted octanol–water partition coefficient (Wildman–Crippen LogP) is 2.56. The van der Waals surface area contributed by atoms with Crippen molar-refractivity contribution >= 4 is 21.9 Å². The summed E-state index contributed by atoms with van der Waals surface area (Å²) >= 11 is 0. The van der Waals surface area contributed by atoms with Crippen LogP contribution in [0.5, 0.6) is 0 Å². The van der Waals surface area contributed by atoms with E-state index < -0.39 is 39.1 Å². The van der Waals surface area contributed by atoms with E-state index in [4.69, 9.17) is 9.47 Å². The van der Waals surface area contributed by atoms with Crippen LogP contribution >= 0.6 is 0 Å². The van der Waals surface area contributed by atoms with Gasteiger partial charge in [0.05, 0.1) is 6.04 Å². The summed E-state index contributed by atoms with van der Waals surface area (Å²) in [6.07, 6.45) is 1.91. The molecule has 0 bridgehead atoms. The molecular formula is C16H29NO6S. The number of rotatable bonds is 6. The van der Waals surface area contributed by atoms with Crippen LogP contribution in [-0.2, 0) is 24.1 Å². The Morgan fingerprint density at radius 2 is 1.54 bits per heavy atom. The Balaban J connectivity index is 4.86. The van der Waals surface area contributed by atoms with E-state index in [1.54, 1.807) is 41.5 Å². The summed E-state index contributed by atoms with van der Waals surface area (Å²) < 4.78 is 32.8. The normalized spacial score (nSPS) is 14.3. The van der Waals surface area contributed by atoms with Gasteiger partial charge >= 0.3 is 12.1 Å². The molecule has 0 aliphatic rings. The average molecular weight is 363 g/mol. The van der Waals surface area contributed by atoms with Gasteiger partial charge in [0.15, 0.2) is 9.84 Å². The second kappa shape index (κ2) is 8.50. The summed E-state index contributed by atoms with van der Waals surface area (Å²) in [7, 11) is -3.35. The molecule has 0 aliphatic carbocycles. The Morgan fingerprint density at radius 1 is 1.04 bits per heavy atom. The number of carbonyl (C=O) groups is 2. The first-order valence-corrected chi connectivity index (χ1v) is 9.62. The SMILES string of the molecule is CC(C)(C)OC(=O)CC[C@@H](/C=C/S(C)(=O)=O)NC(=O)OC(C)(C)C. The smallest absolute Gasteiger partial charge is 0.408 e. The third-order valence-corrected chi connectivity index (χ3v) is 2.99. The number of carbonyl (C=O) groups excluding carboxylic acids is 2. The highest BCUT2D eigenvalue weighted by atomic mass is 32.2. The van der Waals surface area contributed by atoms with Crippen molar-refractivity contribution in [3.63, 3.8) is 0 Å². The summed E-state index contributed by atoms with van der Waals surface area (Å²) in [6, 6.07) is -0.665. The zero-order valence-corrected chi connectivity index (χ0v) is 16.3. The fourth-order valence-corrected chi connectivity index (χ4v) is 2.05. The first-order valence-electron chi connectivity index (χ1n) is 7.67. The van der Waals surface area contributed by atoms with Crippen molar-refractivity contribution in [2.24, 2.45) is 0 Å². The van der Waals surface area contributed by atoms with E-state index in [-0.39, 0.29) is 12.8 Å². The molecule has 0 aromatic carbocycles. The molecule has 1 atom stereocenters. The number of nitrogens with one attached hydrogen (secondary N) is 1. The van der Waals surface area contributed by atoms with E-state index in [2.05, 4.69) is 5.32 Å². The predicted molar refractivity (Wildman–Crippen MR) is 92.2 cm³/mol. The Kier molecular flexibility index (Phi) is 7.95. The molecule has 0 fully saturated rings. The molecule has 8 heteroatoms. The van der Waals surface area contributed by atoms with Crippen molar-refractivity contribution in [3.05, 3.63) is 11.5 Å². The molecule has 1 N–H and O–H groups in total. The maximum atomic E-state index is 11.8. The van der Waals surface area contributed by atoms with Crippen LogP contribution in [0.3, 0.4) is 0 Å². The lowest BCUT2D eigenvalue weighted by atomic mass is 10.1. The van der Waals surface area contributed by atoms with E-state index in [1.165, 1.54) is 6.08 Å². The van der Waals surface area contributed by atoms with Crippen molar-refractivity contribution in [1.82, 2.24) is 5.32 Å².